The largest absolute Gasteiger partial charge is 0.309 e. The lowest BCUT2D eigenvalue weighted by Crippen LogP contribution is -2.15. The summed E-state index contributed by atoms with van der Waals surface area (Å²) < 4.78 is 2.37. The van der Waals surface area contributed by atoms with Gasteiger partial charge in [-0.3, -0.25) is 0 Å². The maximum Gasteiger partial charge on any atom is 0.0541 e. The molecule has 252 valence electrons. The van der Waals surface area contributed by atoms with Gasteiger partial charge in [0.25, 0.3) is 0 Å². The van der Waals surface area contributed by atoms with Crippen LogP contribution in [0.5, 0.6) is 0 Å². The Kier molecular flexibility index (Phi) is 7.30. The molecule has 0 radical (unpaired) electrons. The summed E-state index contributed by atoms with van der Waals surface area (Å²) in [7, 11) is 0. The van der Waals surface area contributed by atoms with Crippen molar-refractivity contribution in [2.24, 2.45) is 0 Å². The fourth-order valence-electron chi connectivity index (χ4n) is 8.63. The number of nitrogens with zero attached hydrogens (tertiary/aromatic N) is 1. The van der Waals surface area contributed by atoms with Crippen LogP contribution in [-0.4, -0.2) is 4.57 Å². The minimum Gasteiger partial charge on any atom is -0.309 e. The Morgan fingerprint density at radius 3 is 1.58 bits per heavy atom. The van der Waals surface area contributed by atoms with E-state index in [1.807, 2.05) is 0 Å². The molecular weight excluding hydrogens is 639 g/mol. The number of para-hydroxylation sites is 2. The summed E-state index contributed by atoms with van der Waals surface area (Å²) in [6, 6.07) is 69.2. The maximum absolute atomic E-state index is 2.43. The molecule has 0 aliphatic heterocycles. The van der Waals surface area contributed by atoms with E-state index < -0.39 is 0 Å². The molecule has 1 nitrogen and oxygen atoms in total. The lowest BCUT2D eigenvalue weighted by atomic mass is 9.81. The Morgan fingerprint density at radius 2 is 0.887 bits per heavy atom. The number of hydrogen-bond acceptors (Lipinski definition) is 0. The fourth-order valence-corrected chi connectivity index (χ4v) is 8.63. The first-order valence-corrected chi connectivity index (χ1v) is 18.6. The van der Waals surface area contributed by atoms with Gasteiger partial charge in [-0.05, 0) is 104 Å². The third-order valence-corrected chi connectivity index (χ3v) is 11.5. The van der Waals surface area contributed by atoms with Gasteiger partial charge in [-0.1, -0.05) is 172 Å². The minimum absolute atomic E-state index is 0.0292. The molecule has 0 saturated carbocycles. The van der Waals surface area contributed by atoms with E-state index in [2.05, 4.69) is 206 Å². The van der Waals surface area contributed by atoms with Gasteiger partial charge < -0.3 is 4.57 Å². The van der Waals surface area contributed by atoms with Crippen molar-refractivity contribution < 1.29 is 0 Å². The number of benzene rings is 8. The van der Waals surface area contributed by atoms with Crippen molar-refractivity contribution in [3.05, 3.63) is 210 Å². The van der Waals surface area contributed by atoms with Gasteiger partial charge in [-0.2, -0.15) is 0 Å². The number of rotatable bonds is 6. The zero-order valence-electron chi connectivity index (χ0n) is 30.1. The second-order valence-corrected chi connectivity index (χ2v) is 15.0. The standard InChI is InChI=1S/C52H39N/c1-52(2)48-14-8-6-12-44(48)45-30-18-36(33-49(45)52)32-35-16-19-37(20-17-35)38-21-23-39(24-22-38)40-25-27-41(28-26-40)42-29-31-51-47(34-42)46-13-7-9-15-50(46)53(51)43-10-4-3-5-11-43/h3-31,33-34H,32H2,1-2H3. The maximum atomic E-state index is 2.43. The summed E-state index contributed by atoms with van der Waals surface area (Å²) in [5, 5.41) is 2.54. The van der Waals surface area contributed by atoms with Crippen LogP contribution in [0.25, 0.3) is 72.0 Å². The van der Waals surface area contributed by atoms with Crippen molar-refractivity contribution in [1.29, 1.82) is 0 Å². The predicted molar refractivity (Wildman–Crippen MR) is 224 cm³/mol. The zero-order valence-corrected chi connectivity index (χ0v) is 30.1. The highest BCUT2D eigenvalue weighted by atomic mass is 15.0. The second-order valence-electron chi connectivity index (χ2n) is 15.0. The van der Waals surface area contributed by atoms with E-state index in [4.69, 9.17) is 0 Å². The van der Waals surface area contributed by atoms with Crippen molar-refractivity contribution in [2.45, 2.75) is 25.7 Å². The lowest BCUT2D eigenvalue weighted by Gasteiger charge is -2.22. The molecule has 53 heavy (non-hydrogen) atoms. The van der Waals surface area contributed by atoms with Crippen LogP contribution in [0.2, 0.25) is 0 Å². The first-order chi connectivity index (χ1) is 26.0. The molecule has 10 rings (SSSR count). The predicted octanol–water partition coefficient (Wildman–Crippen LogP) is 13.7. The molecule has 0 bridgehead atoms. The first-order valence-electron chi connectivity index (χ1n) is 18.6. The Balaban J connectivity index is 0.860. The van der Waals surface area contributed by atoms with Crippen LogP contribution in [0.4, 0.5) is 0 Å². The molecule has 1 heterocycles. The lowest BCUT2D eigenvalue weighted by molar-refractivity contribution is 0.659. The Morgan fingerprint density at radius 1 is 0.377 bits per heavy atom. The SMILES string of the molecule is CC1(C)c2ccccc2-c2ccc(Cc3ccc(-c4ccc(-c5ccc(-c6ccc7c(c6)c6ccccc6n7-c6ccccc6)cc5)cc4)cc3)cc21. The molecule has 0 amide bonds. The molecular formula is C52H39N. The molecule has 9 aromatic rings. The topological polar surface area (TPSA) is 4.93 Å². The smallest absolute Gasteiger partial charge is 0.0541 e. The van der Waals surface area contributed by atoms with E-state index in [1.54, 1.807) is 0 Å². The van der Waals surface area contributed by atoms with Gasteiger partial charge >= 0.3 is 0 Å². The van der Waals surface area contributed by atoms with Crippen LogP contribution in [-0.2, 0) is 11.8 Å². The quantitative estimate of drug-likeness (QED) is 0.165. The number of fused-ring (bicyclic) bond motifs is 6. The summed E-state index contributed by atoms with van der Waals surface area (Å²) >= 11 is 0. The summed E-state index contributed by atoms with van der Waals surface area (Å²) in [4.78, 5) is 0. The Labute approximate surface area is 311 Å². The number of hydrogen-bond donors (Lipinski definition) is 0. The molecule has 0 N–H and O–H groups in total. The highest BCUT2D eigenvalue weighted by Crippen LogP contribution is 2.48. The zero-order chi connectivity index (χ0) is 35.5. The molecule has 1 aromatic heterocycles. The molecule has 0 unspecified atom stereocenters. The molecule has 0 saturated heterocycles. The fraction of sp³-hybridized carbons (Fsp3) is 0.0769. The normalized spacial score (nSPS) is 12.9. The molecule has 8 aromatic carbocycles. The summed E-state index contributed by atoms with van der Waals surface area (Å²) in [6.07, 6.45) is 0.930. The van der Waals surface area contributed by atoms with Crippen molar-refractivity contribution >= 4 is 21.8 Å². The van der Waals surface area contributed by atoms with E-state index in [1.165, 1.54) is 94.3 Å². The van der Waals surface area contributed by atoms with Crippen LogP contribution in [0.1, 0.15) is 36.1 Å². The monoisotopic (exact) mass is 677 g/mol. The van der Waals surface area contributed by atoms with Gasteiger partial charge in [0.15, 0.2) is 0 Å². The third kappa shape index (κ3) is 5.31. The van der Waals surface area contributed by atoms with Crippen molar-refractivity contribution in [3.8, 4) is 50.2 Å². The van der Waals surface area contributed by atoms with Crippen molar-refractivity contribution in [3.63, 3.8) is 0 Å². The first kappa shape index (κ1) is 31.3. The van der Waals surface area contributed by atoms with Gasteiger partial charge in [0.1, 0.15) is 0 Å². The molecule has 1 aliphatic rings. The average molecular weight is 678 g/mol. The average Bonchev–Trinajstić information content (AvgIpc) is 3.66. The summed E-state index contributed by atoms with van der Waals surface area (Å²) in [5.41, 5.74) is 19.3. The highest BCUT2D eigenvalue weighted by molar-refractivity contribution is 6.10. The molecule has 0 atom stereocenters. The van der Waals surface area contributed by atoms with E-state index >= 15 is 0 Å². The van der Waals surface area contributed by atoms with Gasteiger partial charge in [-0.15, -0.1) is 0 Å². The van der Waals surface area contributed by atoms with Crippen molar-refractivity contribution in [1.82, 2.24) is 4.57 Å². The van der Waals surface area contributed by atoms with Crippen molar-refractivity contribution in [2.75, 3.05) is 0 Å². The van der Waals surface area contributed by atoms with E-state index in [9.17, 15) is 0 Å². The Bertz CT molecular complexity index is 2780. The van der Waals surface area contributed by atoms with Crippen LogP contribution in [0.15, 0.2) is 188 Å². The molecule has 0 fully saturated rings. The molecule has 1 aliphatic carbocycles. The van der Waals surface area contributed by atoms with Crippen LogP contribution in [0.3, 0.4) is 0 Å². The second kappa shape index (κ2) is 12.4. The highest BCUT2D eigenvalue weighted by Gasteiger charge is 2.35. The molecule has 0 spiro atoms. The molecule has 1 heteroatoms. The third-order valence-electron chi connectivity index (χ3n) is 11.5. The summed E-state index contributed by atoms with van der Waals surface area (Å²) in [6.45, 7) is 4.70. The number of aromatic nitrogens is 1. The Hall–Kier alpha value is -6.44. The van der Waals surface area contributed by atoms with Crippen LogP contribution >= 0.6 is 0 Å². The van der Waals surface area contributed by atoms with E-state index in [-0.39, 0.29) is 5.41 Å². The van der Waals surface area contributed by atoms with Gasteiger partial charge in [-0.25, -0.2) is 0 Å². The van der Waals surface area contributed by atoms with Gasteiger partial charge in [0.2, 0.25) is 0 Å². The summed E-state index contributed by atoms with van der Waals surface area (Å²) in [5.74, 6) is 0. The van der Waals surface area contributed by atoms with Crippen LogP contribution in [0, 0.1) is 0 Å². The van der Waals surface area contributed by atoms with Crippen LogP contribution < -0.4 is 0 Å². The van der Waals surface area contributed by atoms with Gasteiger partial charge in [0.05, 0.1) is 11.0 Å². The van der Waals surface area contributed by atoms with E-state index in [0.717, 1.165) is 6.42 Å². The van der Waals surface area contributed by atoms with E-state index in [0.29, 0.717) is 0 Å². The minimum atomic E-state index is 0.0292. The van der Waals surface area contributed by atoms with Gasteiger partial charge in [0, 0.05) is 21.9 Å².